The number of ether oxygens (including phenoxy) is 2. The lowest BCUT2D eigenvalue weighted by atomic mass is 9.53. The highest BCUT2D eigenvalue weighted by molar-refractivity contribution is 5.56. The van der Waals surface area contributed by atoms with Gasteiger partial charge in [-0.15, -0.1) is 10.2 Å². The second kappa shape index (κ2) is 6.66. The molecule has 3 fully saturated rings. The number of aromatic nitrogens is 5. The molecule has 0 spiro atoms. The first-order valence-corrected chi connectivity index (χ1v) is 10.0. The Morgan fingerprint density at radius 2 is 2.04 bits per heavy atom. The van der Waals surface area contributed by atoms with Crippen molar-refractivity contribution in [3.8, 4) is 11.4 Å². The van der Waals surface area contributed by atoms with Crippen LogP contribution in [-0.4, -0.2) is 64.2 Å². The highest BCUT2D eigenvalue weighted by atomic mass is 16.5. The van der Waals surface area contributed by atoms with Crippen molar-refractivity contribution < 1.29 is 9.47 Å². The Hall–Kier alpha value is -2.26. The fourth-order valence-electron chi connectivity index (χ4n) is 5.14. The van der Waals surface area contributed by atoms with Gasteiger partial charge < -0.3 is 19.4 Å². The summed E-state index contributed by atoms with van der Waals surface area (Å²) in [5.41, 5.74) is 0.769. The molecule has 0 radical (unpaired) electrons. The van der Waals surface area contributed by atoms with Gasteiger partial charge in [0.1, 0.15) is 5.56 Å². The van der Waals surface area contributed by atoms with Gasteiger partial charge in [0.2, 0.25) is 5.95 Å². The number of aromatic amines is 1. The van der Waals surface area contributed by atoms with E-state index in [0.29, 0.717) is 31.1 Å². The Balaban J connectivity index is 1.48. The van der Waals surface area contributed by atoms with Gasteiger partial charge in [0, 0.05) is 49.9 Å². The number of hydrogen-bond donors (Lipinski definition) is 1. The molecule has 4 heterocycles. The maximum atomic E-state index is 12.3. The standard InChI is InChI=1S/C19H26N6O3/c1-2-27-7-3-6-25-15(14-8-20-13-21-16(14)26)22-23-17(25)24-9-18-4-5-19(18,10-24)12-28-11-18/h8,13H,2-7,9-12H2,1H3,(H,20,21,26). The molecular formula is C19H26N6O3. The predicted octanol–water partition coefficient (Wildman–Crippen LogP) is 1.07. The molecular weight excluding hydrogens is 360 g/mol. The van der Waals surface area contributed by atoms with E-state index in [0.717, 1.165) is 38.7 Å². The van der Waals surface area contributed by atoms with Crippen LogP contribution in [0.4, 0.5) is 5.95 Å². The van der Waals surface area contributed by atoms with Gasteiger partial charge in [0.05, 0.1) is 19.5 Å². The molecule has 2 aromatic heterocycles. The first-order valence-electron chi connectivity index (χ1n) is 10.0. The molecule has 9 nitrogen and oxygen atoms in total. The van der Waals surface area contributed by atoms with Crippen molar-refractivity contribution in [1.82, 2.24) is 24.7 Å². The average Bonchev–Trinajstić information content (AvgIpc) is 3.24. The van der Waals surface area contributed by atoms with Crippen LogP contribution in [0.3, 0.4) is 0 Å². The van der Waals surface area contributed by atoms with Crippen molar-refractivity contribution >= 4 is 5.95 Å². The normalized spacial score (nSPS) is 28.2. The smallest absolute Gasteiger partial charge is 0.261 e. The highest BCUT2D eigenvalue weighted by Gasteiger charge is 2.67. The topological polar surface area (TPSA) is 98.2 Å². The molecule has 9 heteroatoms. The number of anilines is 1. The maximum Gasteiger partial charge on any atom is 0.261 e. The van der Waals surface area contributed by atoms with Crippen molar-refractivity contribution in [1.29, 1.82) is 0 Å². The molecule has 1 aliphatic carbocycles. The molecule has 1 saturated carbocycles. The van der Waals surface area contributed by atoms with Crippen molar-refractivity contribution in [2.45, 2.75) is 32.7 Å². The van der Waals surface area contributed by atoms with Gasteiger partial charge in [-0.3, -0.25) is 9.36 Å². The van der Waals surface area contributed by atoms with Gasteiger partial charge in [-0.2, -0.15) is 0 Å². The van der Waals surface area contributed by atoms with E-state index < -0.39 is 0 Å². The molecule has 2 unspecified atom stereocenters. The van der Waals surface area contributed by atoms with Crippen LogP contribution in [0.25, 0.3) is 11.4 Å². The molecule has 0 aromatic carbocycles. The summed E-state index contributed by atoms with van der Waals surface area (Å²) in [5.74, 6) is 1.40. The minimum Gasteiger partial charge on any atom is -0.382 e. The third-order valence-electron chi connectivity index (χ3n) is 6.80. The van der Waals surface area contributed by atoms with Gasteiger partial charge in [-0.1, -0.05) is 0 Å². The summed E-state index contributed by atoms with van der Waals surface area (Å²) >= 11 is 0. The zero-order valence-electron chi connectivity index (χ0n) is 16.2. The second-order valence-corrected chi connectivity index (χ2v) is 8.23. The fraction of sp³-hybridized carbons (Fsp3) is 0.684. The van der Waals surface area contributed by atoms with Crippen LogP contribution in [0, 0.1) is 10.8 Å². The summed E-state index contributed by atoms with van der Waals surface area (Å²) in [6.45, 7) is 7.62. The van der Waals surface area contributed by atoms with Crippen molar-refractivity contribution in [3.63, 3.8) is 0 Å². The Labute approximate surface area is 163 Å². The lowest BCUT2D eigenvalue weighted by Crippen LogP contribution is -2.49. The van der Waals surface area contributed by atoms with E-state index in [-0.39, 0.29) is 16.4 Å². The summed E-state index contributed by atoms with van der Waals surface area (Å²) in [5, 5.41) is 8.90. The number of H-pyrrole nitrogens is 1. The first kappa shape index (κ1) is 17.8. The number of nitrogens with zero attached hydrogens (tertiary/aromatic N) is 5. The Morgan fingerprint density at radius 3 is 2.71 bits per heavy atom. The van der Waals surface area contributed by atoms with Crippen LogP contribution in [0.1, 0.15) is 26.2 Å². The van der Waals surface area contributed by atoms with E-state index in [2.05, 4.69) is 29.6 Å². The minimum absolute atomic E-state index is 0.205. The van der Waals surface area contributed by atoms with E-state index in [1.807, 2.05) is 6.92 Å². The molecule has 150 valence electrons. The van der Waals surface area contributed by atoms with Crippen LogP contribution in [0.2, 0.25) is 0 Å². The molecule has 2 aromatic rings. The van der Waals surface area contributed by atoms with Gasteiger partial charge in [-0.05, 0) is 26.2 Å². The van der Waals surface area contributed by atoms with Gasteiger partial charge >= 0.3 is 0 Å². The molecule has 3 aliphatic rings. The zero-order chi connectivity index (χ0) is 19.2. The van der Waals surface area contributed by atoms with E-state index in [1.54, 1.807) is 6.20 Å². The summed E-state index contributed by atoms with van der Waals surface area (Å²) in [6, 6.07) is 0. The maximum absolute atomic E-state index is 12.3. The lowest BCUT2D eigenvalue weighted by Gasteiger charge is -2.47. The SMILES string of the molecule is CCOCCCn1c(-c2cnc[nH]c2=O)nnc1N1CC23CCC2(COC3)C1. The first-order chi connectivity index (χ1) is 13.7. The number of hydrogen-bond acceptors (Lipinski definition) is 7. The van der Waals surface area contributed by atoms with Gasteiger partial charge in [0.25, 0.3) is 5.56 Å². The summed E-state index contributed by atoms with van der Waals surface area (Å²) < 4.78 is 13.4. The van der Waals surface area contributed by atoms with Gasteiger partial charge in [-0.25, -0.2) is 4.98 Å². The third-order valence-corrected chi connectivity index (χ3v) is 6.80. The van der Waals surface area contributed by atoms with E-state index in [1.165, 1.54) is 19.2 Å². The number of nitrogens with one attached hydrogen (secondary N) is 1. The van der Waals surface area contributed by atoms with E-state index in [9.17, 15) is 4.79 Å². The molecule has 2 atom stereocenters. The monoisotopic (exact) mass is 386 g/mol. The average molecular weight is 386 g/mol. The Kier molecular flexibility index (Phi) is 4.24. The van der Waals surface area contributed by atoms with Crippen molar-refractivity contribution in [2.24, 2.45) is 10.8 Å². The highest BCUT2D eigenvalue weighted by Crippen LogP contribution is 2.65. The molecule has 5 rings (SSSR count). The minimum atomic E-state index is -0.205. The molecule has 0 bridgehead atoms. The summed E-state index contributed by atoms with van der Waals surface area (Å²) in [7, 11) is 0. The van der Waals surface area contributed by atoms with Crippen LogP contribution in [0.5, 0.6) is 0 Å². The molecule has 28 heavy (non-hydrogen) atoms. The predicted molar refractivity (Wildman–Crippen MR) is 102 cm³/mol. The van der Waals surface area contributed by atoms with Crippen LogP contribution in [-0.2, 0) is 16.0 Å². The number of rotatable bonds is 7. The lowest BCUT2D eigenvalue weighted by molar-refractivity contribution is 0.0255. The van der Waals surface area contributed by atoms with Crippen molar-refractivity contribution in [3.05, 3.63) is 22.9 Å². The molecule has 0 amide bonds. The van der Waals surface area contributed by atoms with Crippen LogP contribution >= 0.6 is 0 Å². The zero-order valence-corrected chi connectivity index (χ0v) is 16.2. The Bertz CT molecular complexity index is 906. The summed E-state index contributed by atoms with van der Waals surface area (Å²) in [4.78, 5) is 21.4. The molecule has 2 aliphatic heterocycles. The van der Waals surface area contributed by atoms with Crippen LogP contribution in [0.15, 0.2) is 17.3 Å². The van der Waals surface area contributed by atoms with Crippen molar-refractivity contribution in [2.75, 3.05) is 44.4 Å². The van der Waals surface area contributed by atoms with E-state index >= 15 is 0 Å². The third kappa shape index (κ3) is 2.52. The van der Waals surface area contributed by atoms with Crippen LogP contribution < -0.4 is 10.5 Å². The molecule has 2 saturated heterocycles. The largest absolute Gasteiger partial charge is 0.382 e. The fourth-order valence-corrected chi connectivity index (χ4v) is 5.14. The van der Waals surface area contributed by atoms with E-state index in [4.69, 9.17) is 9.47 Å². The quantitative estimate of drug-likeness (QED) is 0.711. The summed E-state index contributed by atoms with van der Waals surface area (Å²) in [6.07, 6.45) is 6.21. The van der Waals surface area contributed by atoms with Gasteiger partial charge in [0.15, 0.2) is 5.82 Å². The molecule has 1 N–H and O–H groups in total. The Morgan fingerprint density at radius 1 is 1.25 bits per heavy atom. The second-order valence-electron chi connectivity index (χ2n) is 8.23.